The normalized spacial score (nSPS) is 14.3. The van der Waals surface area contributed by atoms with Crippen LogP contribution in [0.15, 0.2) is 179 Å². The molecule has 0 radical (unpaired) electrons. The van der Waals surface area contributed by atoms with Gasteiger partial charge in [0, 0.05) is 38.5 Å². The highest BCUT2D eigenvalue weighted by Crippen LogP contribution is 2.39. The second kappa shape index (κ2) is 17.2. The molecule has 0 atom stereocenters. The Morgan fingerprint density at radius 3 is 1.65 bits per heavy atom. The maximum Gasteiger partial charge on any atom is 0.215 e. The molecule has 1 aliphatic carbocycles. The first kappa shape index (κ1) is 45.2. The van der Waals surface area contributed by atoms with Crippen molar-refractivity contribution in [2.45, 2.75) is 14.7 Å². The molecule has 0 fully saturated rings. The van der Waals surface area contributed by atoms with Gasteiger partial charge in [-0.3, -0.25) is 10.2 Å². The molecule has 0 heterocycles. The average Bonchev–Trinajstić information content (AvgIpc) is 3.26. The fraction of sp³-hybridized carbons (Fsp3) is 0. The van der Waals surface area contributed by atoms with Crippen LogP contribution in [-0.4, -0.2) is 63.4 Å². The van der Waals surface area contributed by atoms with Gasteiger partial charge in [-0.05, 0) is 96.6 Å². The van der Waals surface area contributed by atoms with Gasteiger partial charge in [0.2, 0.25) is 5.78 Å². The van der Waals surface area contributed by atoms with Crippen molar-refractivity contribution in [2.24, 2.45) is 25.6 Å². The lowest BCUT2D eigenvalue weighted by atomic mass is 9.94. The second-order valence-corrected chi connectivity index (χ2v) is 19.5. The number of para-hydroxylation sites is 1. The van der Waals surface area contributed by atoms with Crippen LogP contribution in [0.3, 0.4) is 0 Å². The van der Waals surface area contributed by atoms with E-state index in [1.165, 1.54) is 42.5 Å². The SMILES string of the molecule is O=C1C(=NNc2ccc(N=Nc3ccc(N=Nc4cc(S(=O)(=O)[O-])ccc4S(=O)(=O)[O-])c4ccc(S(=O)(=O)[O-])cc34)c3ccccc23)C(S(=O)(=O)[O-])=Cc2cc(Nc3ccccc3)ccc21. The Balaban J connectivity index is 1.14. The minimum Gasteiger partial charge on any atom is -0.744 e. The van der Waals surface area contributed by atoms with E-state index in [0.717, 1.165) is 23.9 Å². The number of hydrazone groups is 1. The van der Waals surface area contributed by atoms with E-state index in [1.807, 2.05) is 18.2 Å². The number of rotatable bonds is 12. The molecule has 7 aromatic rings. The van der Waals surface area contributed by atoms with Crippen LogP contribution in [0.25, 0.3) is 27.6 Å². The Morgan fingerprint density at radius 1 is 0.455 bits per heavy atom. The van der Waals surface area contributed by atoms with Gasteiger partial charge in [-0.1, -0.05) is 48.5 Å². The Labute approximate surface area is 374 Å². The van der Waals surface area contributed by atoms with Gasteiger partial charge in [0.25, 0.3) is 0 Å². The zero-order chi connectivity index (χ0) is 47.2. The molecule has 1 aliphatic rings. The second-order valence-electron chi connectivity index (χ2n) is 14.0. The summed E-state index contributed by atoms with van der Waals surface area (Å²) in [7, 11) is -20.6. The van der Waals surface area contributed by atoms with Crippen LogP contribution in [0.2, 0.25) is 0 Å². The molecule has 66 heavy (non-hydrogen) atoms. The number of anilines is 3. The van der Waals surface area contributed by atoms with Crippen LogP contribution < -0.4 is 10.7 Å². The molecule has 0 unspecified atom stereocenters. The molecule has 20 nitrogen and oxygen atoms in total. The molecule has 334 valence electrons. The third kappa shape index (κ3) is 9.51. The highest BCUT2D eigenvalue weighted by atomic mass is 32.2. The van der Waals surface area contributed by atoms with Crippen molar-refractivity contribution in [3.63, 3.8) is 0 Å². The number of Topliss-reactive ketones (excluding diaryl/α,β-unsaturated/α-hetero) is 1. The maximum atomic E-state index is 13.7. The number of carbonyl (C=O) groups excluding carboxylic acids is 1. The monoisotopic (exact) mass is 963 g/mol. The van der Waals surface area contributed by atoms with Crippen LogP contribution in [0.4, 0.5) is 39.8 Å². The van der Waals surface area contributed by atoms with E-state index in [9.17, 15) is 56.7 Å². The van der Waals surface area contributed by atoms with Gasteiger partial charge >= 0.3 is 0 Å². The first-order valence-corrected chi connectivity index (χ1v) is 24.2. The lowest BCUT2D eigenvalue weighted by Gasteiger charge is -2.21. The zero-order valence-electron chi connectivity index (χ0n) is 33.0. The number of nitrogens with zero attached hydrogens (tertiary/aromatic N) is 5. The number of benzene rings is 7. The molecule has 0 spiro atoms. The quantitative estimate of drug-likeness (QED) is 0.0669. The number of azo groups is 2. The van der Waals surface area contributed by atoms with Crippen molar-refractivity contribution in [1.82, 2.24) is 0 Å². The lowest BCUT2D eigenvalue weighted by molar-refractivity contribution is 0.106. The first-order chi connectivity index (χ1) is 31.1. The molecule has 0 aliphatic heterocycles. The third-order valence-electron chi connectivity index (χ3n) is 9.80. The van der Waals surface area contributed by atoms with Crippen molar-refractivity contribution in [3.05, 3.63) is 149 Å². The van der Waals surface area contributed by atoms with Crippen LogP contribution in [0, 0.1) is 0 Å². The van der Waals surface area contributed by atoms with Crippen molar-refractivity contribution in [2.75, 3.05) is 10.7 Å². The molecule has 0 amide bonds. The number of ketones is 1. The van der Waals surface area contributed by atoms with Crippen molar-refractivity contribution >= 4 is 119 Å². The predicted molar refractivity (Wildman–Crippen MR) is 236 cm³/mol. The van der Waals surface area contributed by atoms with E-state index < -0.39 is 77.2 Å². The number of nitrogens with one attached hydrogen (secondary N) is 2. The average molecular weight is 964 g/mol. The van der Waals surface area contributed by atoms with Gasteiger partial charge in [-0.25, -0.2) is 33.7 Å². The van der Waals surface area contributed by atoms with Gasteiger partial charge in [0.1, 0.15) is 51.9 Å². The fourth-order valence-corrected chi connectivity index (χ4v) is 8.99. The van der Waals surface area contributed by atoms with Crippen LogP contribution in [0.5, 0.6) is 0 Å². The molecule has 0 aromatic heterocycles. The summed E-state index contributed by atoms with van der Waals surface area (Å²) in [5, 5.41) is 24.5. The minimum absolute atomic E-state index is 0.0217. The smallest absolute Gasteiger partial charge is 0.215 e. The fourth-order valence-electron chi connectivity index (χ4n) is 6.77. The van der Waals surface area contributed by atoms with E-state index in [0.29, 0.717) is 34.7 Å². The zero-order valence-corrected chi connectivity index (χ0v) is 36.2. The first-order valence-electron chi connectivity index (χ1n) is 18.6. The molecule has 8 rings (SSSR count). The van der Waals surface area contributed by atoms with Gasteiger partial charge in [-0.15, -0.1) is 20.5 Å². The van der Waals surface area contributed by atoms with Gasteiger partial charge in [0.05, 0.1) is 42.3 Å². The summed E-state index contributed by atoms with van der Waals surface area (Å²) in [5.41, 5.74) is 3.13. The highest BCUT2D eigenvalue weighted by molar-refractivity contribution is 7.91. The van der Waals surface area contributed by atoms with E-state index in [-0.39, 0.29) is 44.6 Å². The van der Waals surface area contributed by atoms with E-state index in [1.54, 1.807) is 42.5 Å². The Morgan fingerprint density at radius 2 is 1.02 bits per heavy atom. The molecule has 0 saturated heterocycles. The molecule has 24 heteroatoms. The van der Waals surface area contributed by atoms with Gasteiger partial charge < -0.3 is 23.5 Å². The Bertz CT molecular complexity index is 3790. The van der Waals surface area contributed by atoms with E-state index >= 15 is 0 Å². The number of hydrogen-bond acceptors (Lipinski definition) is 20. The Kier molecular flexibility index (Phi) is 11.8. The van der Waals surface area contributed by atoms with Crippen LogP contribution in [-0.2, 0) is 40.5 Å². The largest absolute Gasteiger partial charge is 0.744 e. The standard InChI is InChI=1S/C42H29N7O13S4/c50-42-29-13-10-26(43-25-6-2-1-3-7-25)20-24(29)21-40(66(60,61)62)41(42)49-47-35-16-15-34(30-8-4-5-9-31(30)35)44-46-37-18-17-36(32-14-11-27(22-33(32)37)63(51,52)53)45-48-38-23-28(64(54,55)56)12-19-39(38)65(57,58)59/h1-23,43,47H,(H,51,52,53)(H,54,55,56)(H,57,58,59)(H,60,61,62)/p-4. The molecule has 2 N–H and O–H groups in total. The topological polar surface area (TPSA) is 332 Å². The minimum atomic E-state index is -5.25. The number of fused-ring (bicyclic) bond motifs is 3. The summed E-state index contributed by atoms with van der Waals surface area (Å²) in [6.45, 7) is 0. The van der Waals surface area contributed by atoms with E-state index in [2.05, 4.69) is 36.3 Å². The summed E-state index contributed by atoms with van der Waals surface area (Å²) in [5.74, 6) is -0.827. The van der Waals surface area contributed by atoms with Crippen LogP contribution >= 0.6 is 0 Å². The number of carbonyl (C=O) groups is 1. The molecular weight excluding hydrogens is 939 g/mol. The summed E-state index contributed by atoms with van der Waals surface area (Å²) in [6.07, 6.45) is 1.08. The van der Waals surface area contributed by atoms with Crippen molar-refractivity contribution in [1.29, 1.82) is 0 Å². The summed E-state index contributed by atoms with van der Waals surface area (Å²) in [4.78, 5) is 10.3. The molecule has 0 bridgehead atoms. The number of allylic oxidation sites excluding steroid dienone is 1. The summed E-state index contributed by atoms with van der Waals surface area (Å²) < 4.78 is 144. The van der Waals surface area contributed by atoms with Crippen molar-refractivity contribution < 1.29 is 56.7 Å². The van der Waals surface area contributed by atoms with E-state index in [4.69, 9.17) is 0 Å². The van der Waals surface area contributed by atoms with Gasteiger partial charge in [-0.2, -0.15) is 5.10 Å². The molecular formula is C42H25N7O13S4-4. The number of hydrogen-bond donors (Lipinski definition) is 2. The Hall–Kier alpha value is -7.42. The highest BCUT2D eigenvalue weighted by Gasteiger charge is 2.30. The third-order valence-corrected chi connectivity index (χ3v) is 13.2. The predicted octanol–water partition coefficient (Wildman–Crippen LogP) is 7.83. The maximum absolute atomic E-state index is 13.7. The van der Waals surface area contributed by atoms with Gasteiger partial charge in [0.15, 0.2) is 0 Å². The lowest BCUT2D eigenvalue weighted by Crippen LogP contribution is -2.27. The molecule has 7 aromatic carbocycles. The van der Waals surface area contributed by atoms with Crippen molar-refractivity contribution in [3.8, 4) is 0 Å². The molecule has 0 saturated carbocycles. The summed E-state index contributed by atoms with van der Waals surface area (Å²) in [6, 6.07) is 30.7. The summed E-state index contributed by atoms with van der Waals surface area (Å²) >= 11 is 0. The van der Waals surface area contributed by atoms with Crippen LogP contribution in [0.1, 0.15) is 15.9 Å².